The smallest absolute Gasteiger partial charge is 0.338 e. The van der Waals surface area contributed by atoms with Gasteiger partial charge in [0, 0.05) is 3.57 Å². The predicted octanol–water partition coefficient (Wildman–Crippen LogP) is 3.86. The Labute approximate surface area is 175 Å². The highest BCUT2D eigenvalue weighted by Gasteiger charge is 2.19. The second-order valence-electron chi connectivity index (χ2n) is 7.60. The fourth-order valence-corrected chi connectivity index (χ4v) is 3.43. The number of aromatic nitrogens is 2. The predicted molar refractivity (Wildman–Crippen MR) is 117 cm³/mol. The van der Waals surface area contributed by atoms with Crippen molar-refractivity contribution in [3.05, 3.63) is 78.0 Å². The molecule has 0 spiro atoms. The van der Waals surface area contributed by atoms with Gasteiger partial charge in [0.15, 0.2) is 0 Å². The molecule has 146 valence electrons. The van der Waals surface area contributed by atoms with E-state index in [0.717, 1.165) is 9.13 Å². The molecule has 0 saturated carbocycles. The van der Waals surface area contributed by atoms with Crippen molar-refractivity contribution in [3.8, 4) is 0 Å². The molecular formula is C21H21IN2O4. The largest absolute Gasteiger partial charge is 0.456 e. The maximum atomic E-state index is 12.9. The van der Waals surface area contributed by atoms with Crippen molar-refractivity contribution >= 4 is 39.5 Å². The summed E-state index contributed by atoms with van der Waals surface area (Å²) in [6, 6.07) is 11.6. The summed E-state index contributed by atoms with van der Waals surface area (Å²) in [6.45, 7) is 7.20. The highest BCUT2D eigenvalue weighted by molar-refractivity contribution is 14.1. The molecule has 0 aliphatic heterocycles. The van der Waals surface area contributed by atoms with E-state index in [2.05, 4.69) is 27.6 Å². The van der Waals surface area contributed by atoms with E-state index in [1.54, 1.807) is 64.1 Å². The van der Waals surface area contributed by atoms with Crippen molar-refractivity contribution in [1.82, 2.24) is 9.55 Å². The van der Waals surface area contributed by atoms with Gasteiger partial charge in [-0.05, 0) is 86.2 Å². The average molecular weight is 492 g/mol. The number of carbonyl (C=O) groups is 1. The van der Waals surface area contributed by atoms with Crippen LogP contribution in [0.3, 0.4) is 0 Å². The van der Waals surface area contributed by atoms with Crippen molar-refractivity contribution in [1.29, 1.82) is 0 Å². The second-order valence-corrected chi connectivity index (χ2v) is 8.84. The van der Waals surface area contributed by atoms with Crippen LogP contribution in [0.5, 0.6) is 0 Å². The highest BCUT2D eigenvalue weighted by atomic mass is 127. The van der Waals surface area contributed by atoms with Crippen LogP contribution in [0.25, 0.3) is 10.9 Å². The summed E-state index contributed by atoms with van der Waals surface area (Å²) in [7, 11) is 0. The fourth-order valence-electron chi connectivity index (χ4n) is 2.94. The van der Waals surface area contributed by atoms with Gasteiger partial charge < -0.3 is 9.72 Å². The molecule has 0 bridgehead atoms. The Hall–Kier alpha value is -2.42. The van der Waals surface area contributed by atoms with Gasteiger partial charge in [-0.3, -0.25) is 9.36 Å². The van der Waals surface area contributed by atoms with Crippen LogP contribution in [0.2, 0.25) is 0 Å². The summed E-state index contributed by atoms with van der Waals surface area (Å²) in [5.41, 5.74) is 0.277. The van der Waals surface area contributed by atoms with Crippen LogP contribution in [-0.2, 0) is 4.74 Å². The zero-order chi connectivity index (χ0) is 20.6. The molecule has 7 heteroatoms. The van der Waals surface area contributed by atoms with Crippen LogP contribution in [0.15, 0.2) is 52.1 Å². The van der Waals surface area contributed by atoms with E-state index in [1.807, 2.05) is 6.07 Å². The Morgan fingerprint density at radius 2 is 1.75 bits per heavy atom. The minimum absolute atomic E-state index is 0.346. The summed E-state index contributed by atoms with van der Waals surface area (Å²) in [5.74, 6) is -0.415. The summed E-state index contributed by atoms with van der Waals surface area (Å²) in [4.78, 5) is 40.4. The first-order valence-electron chi connectivity index (χ1n) is 8.84. The van der Waals surface area contributed by atoms with E-state index in [1.165, 1.54) is 4.57 Å². The molecule has 0 amide bonds. The van der Waals surface area contributed by atoms with Crippen LogP contribution >= 0.6 is 22.6 Å². The minimum atomic E-state index is -0.577. The number of hydrogen-bond donors (Lipinski definition) is 1. The number of nitrogens with one attached hydrogen (secondary N) is 1. The van der Waals surface area contributed by atoms with Crippen LogP contribution in [0, 0.1) is 3.57 Å². The normalized spacial score (nSPS) is 12.8. The van der Waals surface area contributed by atoms with Crippen molar-refractivity contribution in [2.45, 2.75) is 39.3 Å². The second kappa shape index (κ2) is 7.54. The number of rotatable bonds is 3. The first-order chi connectivity index (χ1) is 13.1. The number of benzene rings is 2. The Morgan fingerprint density at radius 3 is 2.36 bits per heavy atom. The molecule has 1 atom stereocenters. The number of halogens is 1. The number of aromatic amines is 1. The van der Waals surface area contributed by atoms with Gasteiger partial charge in [-0.1, -0.05) is 12.1 Å². The molecule has 0 radical (unpaired) electrons. The van der Waals surface area contributed by atoms with E-state index in [0.29, 0.717) is 16.5 Å². The van der Waals surface area contributed by atoms with E-state index in [9.17, 15) is 14.4 Å². The molecule has 0 fully saturated rings. The van der Waals surface area contributed by atoms with Gasteiger partial charge in [-0.2, -0.15) is 0 Å². The SMILES string of the molecule is CC(c1ccc(C(=O)OC(C)(C)C)cc1)n1c(=O)[nH]c2ccc(I)cc2c1=O. The quantitative estimate of drug-likeness (QED) is 0.445. The molecule has 1 heterocycles. The van der Waals surface area contributed by atoms with Crippen LogP contribution in [0.1, 0.15) is 49.7 Å². The maximum Gasteiger partial charge on any atom is 0.338 e. The number of H-pyrrole nitrogens is 1. The van der Waals surface area contributed by atoms with Gasteiger partial charge in [-0.15, -0.1) is 0 Å². The Bertz CT molecular complexity index is 1150. The monoisotopic (exact) mass is 492 g/mol. The summed E-state index contributed by atoms with van der Waals surface area (Å²) in [5, 5.41) is 0.462. The lowest BCUT2D eigenvalue weighted by atomic mass is 10.1. The van der Waals surface area contributed by atoms with Crippen LogP contribution in [0.4, 0.5) is 0 Å². The molecule has 1 unspecified atom stereocenters. The van der Waals surface area contributed by atoms with E-state index in [4.69, 9.17) is 4.74 Å². The van der Waals surface area contributed by atoms with Gasteiger partial charge in [0.2, 0.25) is 0 Å². The molecule has 0 aliphatic carbocycles. The summed E-state index contributed by atoms with van der Waals surface area (Å²) in [6.07, 6.45) is 0. The lowest BCUT2D eigenvalue weighted by Crippen LogP contribution is -2.37. The Balaban J connectivity index is 1.98. The molecule has 0 aliphatic rings. The molecular weight excluding hydrogens is 471 g/mol. The average Bonchev–Trinajstić information content (AvgIpc) is 2.61. The van der Waals surface area contributed by atoms with Gasteiger partial charge in [0.05, 0.1) is 22.5 Å². The number of ether oxygens (including phenoxy) is 1. The van der Waals surface area contributed by atoms with E-state index < -0.39 is 23.3 Å². The van der Waals surface area contributed by atoms with Gasteiger partial charge in [0.1, 0.15) is 5.60 Å². The zero-order valence-electron chi connectivity index (χ0n) is 16.1. The van der Waals surface area contributed by atoms with Crippen LogP contribution < -0.4 is 11.2 Å². The first-order valence-corrected chi connectivity index (χ1v) is 9.92. The topological polar surface area (TPSA) is 81.2 Å². The Kier molecular flexibility index (Phi) is 5.47. The van der Waals surface area contributed by atoms with E-state index >= 15 is 0 Å². The first kappa shape index (κ1) is 20.3. The van der Waals surface area contributed by atoms with Gasteiger partial charge in [0.25, 0.3) is 5.56 Å². The highest BCUT2D eigenvalue weighted by Crippen LogP contribution is 2.19. The van der Waals surface area contributed by atoms with Crippen molar-refractivity contribution < 1.29 is 9.53 Å². The lowest BCUT2D eigenvalue weighted by molar-refractivity contribution is 0.00695. The summed E-state index contributed by atoms with van der Waals surface area (Å²) >= 11 is 2.13. The molecule has 6 nitrogen and oxygen atoms in total. The third kappa shape index (κ3) is 4.19. The van der Waals surface area contributed by atoms with Crippen molar-refractivity contribution in [2.24, 2.45) is 0 Å². The molecule has 3 aromatic rings. The molecule has 0 saturated heterocycles. The minimum Gasteiger partial charge on any atom is -0.456 e. The zero-order valence-corrected chi connectivity index (χ0v) is 18.2. The number of fused-ring (bicyclic) bond motifs is 1. The Morgan fingerprint density at radius 1 is 1.11 bits per heavy atom. The maximum absolute atomic E-state index is 12.9. The third-order valence-electron chi connectivity index (χ3n) is 4.31. The van der Waals surface area contributed by atoms with Gasteiger partial charge in [-0.25, -0.2) is 9.59 Å². The van der Waals surface area contributed by atoms with Crippen molar-refractivity contribution in [3.63, 3.8) is 0 Å². The number of esters is 1. The van der Waals surface area contributed by atoms with Crippen molar-refractivity contribution in [2.75, 3.05) is 0 Å². The molecule has 2 aromatic carbocycles. The molecule has 1 N–H and O–H groups in total. The summed E-state index contributed by atoms with van der Waals surface area (Å²) < 4.78 is 7.46. The lowest BCUT2D eigenvalue weighted by Gasteiger charge is -2.20. The van der Waals surface area contributed by atoms with E-state index in [-0.39, 0.29) is 5.56 Å². The fraction of sp³-hybridized carbons (Fsp3) is 0.286. The standard InChI is InChI=1S/C21H21IN2O4/c1-12(13-5-7-14(8-6-13)19(26)28-21(2,3)4)24-18(25)16-11-15(22)9-10-17(16)23-20(24)27/h5-12H,1-4H3,(H,23,27). The van der Waals surface area contributed by atoms with Gasteiger partial charge >= 0.3 is 11.7 Å². The number of hydrogen-bond acceptors (Lipinski definition) is 4. The molecule has 1 aromatic heterocycles. The van der Waals surface area contributed by atoms with Crippen LogP contribution in [-0.4, -0.2) is 21.1 Å². The number of nitrogens with zero attached hydrogens (tertiary/aromatic N) is 1. The molecule has 28 heavy (non-hydrogen) atoms. The molecule has 3 rings (SSSR count). The number of carbonyl (C=O) groups excluding carboxylic acids is 1. The third-order valence-corrected chi connectivity index (χ3v) is 4.98.